The van der Waals surface area contributed by atoms with Crippen LogP contribution >= 0.6 is 0 Å². The molecule has 2 rings (SSSR count). The van der Waals surface area contributed by atoms with Crippen LogP contribution in [0.25, 0.3) is 11.1 Å². The highest BCUT2D eigenvalue weighted by molar-refractivity contribution is 5.67. The van der Waals surface area contributed by atoms with Gasteiger partial charge < -0.3 is 10.1 Å². The highest BCUT2D eigenvalue weighted by atomic mass is 16.5. The molecule has 0 fully saturated rings. The molecule has 1 aromatic heterocycles. The summed E-state index contributed by atoms with van der Waals surface area (Å²) in [5.41, 5.74) is 4.92. The second-order valence-corrected chi connectivity index (χ2v) is 4.92. The van der Waals surface area contributed by atoms with E-state index in [0.717, 1.165) is 25.1 Å². The highest BCUT2D eigenvalue weighted by Crippen LogP contribution is 2.25. The summed E-state index contributed by atoms with van der Waals surface area (Å²) >= 11 is 0. The van der Waals surface area contributed by atoms with Gasteiger partial charge in [0.1, 0.15) is 0 Å². The lowest BCUT2D eigenvalue weighted by Gasteiger charge is -2.10. The largest absolute Gasteiger partial charge is 0.481 e. The summed E-state index contributed by atoms with van der Waals surface area (Å²) in [5.74, 6) is 0.646. The fraction of sp³-hybridized carbons (Fsp3) is 0.353. The molecule has 2 aromatic rings. The monoisotopic (exact) mass is 270 g/mol. The van der Waals surface area contributed by atoms with Crippen LogP contribution in [0.1, 0.15) is 24.5 Å². The van der Waals surface area contributed by atoms with E-state index >= 15 is 0 Å². The normalized spacial score (nSPS) is 10.6. The Morgan fingerprint density at radius 2 is 2.05 bits per heavy atom. The van der Waals surface area contributed by atoms with Crippen LogP contribution in [0.2, 0.25) is 0 Å². The SMILES string of the molecule is CCCNCc1ccc(C)c(-c2ccc(OC)nc2)c1. The second kappa shape index (κ2) is 7.06. The minimum absolute atomic E-state index is 0.646. The van der Waals surface area contributed by atoms with Crippen molar-refractivity contribution in [3.8, 4) is 17.0 Å². The number of hydrogen-bond donors (Lipinski definition) is 1. The lowest BCUT2D eigenvalue weighted by atomic mass is 9.99. The van der Waals surface area contributed by atoms with Crippen LogP contribution in [0.4, 0.5) is 0 Å². The van der Waals surface area contributed by atoms with E-state index in [-0.39, 0.29) is 0 Å². The van der Waals surface area contributed by atoms with Crippen molar-refractivity contribution in [3.63, 3.8) is 0 Å². The minimum Gasteiger partial charge on any atom is -0.481 e. The van der Waals surface area contributed by atoms with E-state index in [9.17, 15) is 0 Å². The zero-order valence-electron chi connectivity index (χ0n) is 12.4. The number of benzene rings is 1. The molecule has 106 valence electrons. The van der Waals surface area contributed by atoms with Crippen LogP contribution in [0.5, 0.6) is 5.88 Å². The van der Waals surface area contributed by atoms with E-state index in [2.05, 4.69) is 48.4 Å². The maximum atomic E-state index is 5.10. The summed E-state index contributed by atoms with van der Waals surface area (Å²) in [6.45, 7) is 6.26. The Morgan fingerprint density at radius 3 is 2.70 bits per heavy atom. The van der Waals surface area contributed by atoms with Crippen LogP contribution in [0.3, 0.4) is 0 Å². The van der Waals surface area contributed by atoms with E-state index in [4.69, 9.17) is 4.74 Å². The highest BCUT2D eigenvalue weighted by Gasteiger charge is 2.04. The fourth-order valence-electron chi connectivity index (χ4n) is 2.16. The summed E-state index contributed by atoms with van der Waals surface area (Å²) in [5, 5.41) is 3.43. The third kappa shape index (κ3) is 3.58. The number of nitrogens with one attached hydrogen (secondary N) is 1. The molecule has 0 aliphatic rings. The van der Waals surface area contributed by atoms with E-state index in [1.165, 1.54) is 16.7 Å². The van der Waals surface area contributed by atoms with E-state index < -0.39 is 0 Å². The molecular formula is C17H22N2O. The Kier molecular flexibility index (Phi) is 5.13. The second-order valence-electron chi connectivity index (χ2n) is 4.92. The summed E-state index contributed by atoms with van der Waals surface area (Å²) in [4.78, 5) is 4.28. The quantitative estimate of drug-likeness (QED) is 0.815. The fourth-order valence-corrected chi connectivity index (χ4v) is 2.16. The predicted octanol–water partition coefficient (Wildman–Crippen LogP) is 3.57. The topological polar surface area (TPSA) is 34.1 Å². The van der Waals surface area contributed by atoms with Crippen LogP contribution in [0.15, 0.2) is 36.5 Å². The first kappa shape index (κ1) is 14.5. The number of pyridine rings is 1. The van der Waals surface area contributed by atoms with Gasteiger partial charge in [-0.3, -0.25) is 0 Å². The standard InChI is InChI=1S/C17H22N2O/c1-4-9-18-11-14-6-5-13(2)16(10-14)15-7-8-17(20-3)19-12-15/h5-8,10,12,18H,4,9,11H2,1-3H3. The Hall–Kier alpha value is -1.87. The Balaban J connectivity index is 2.22. The lowest BCUT2D eigenvalue weighted by molar-refractivity contribution is 0.398. The molecule has 3 heteroatoms. The molecule has 0 saturated heterocycles. The van der Waals surface area contributed by atoms with Gasteiger partial charge >= 0.3 is 0 Å². The average Bonchev–Trinajstić information content (AvgIpc) is 2.49. The molecule has 1 heterocycles. The lowest BCUT2D eigenvalue weighted by Crippen LogP contribution is -2.13. The van der Waals surface area contributed by atoms with Gasteiger partial charge in [0.15, 0.2) is 0 Å². The Bertz CT molecular complexity index is 549. The molecule has 1 N–H and O–H groups in total. The van der Waals surface area contributed by atoms with Gasteiger partial charge in [-0.1, -0.05) is 19.1 Å². The summed E-state index contributed by atoms with van der Waals surface area (Å²) in [6.07, 6.45) is 3.02. The van der Waals surface area contributed by atoms with Crippen molar-refractivity contribution < 1.29 is 4.74 Å². The predicted molar refractivity (Wildman–Crippen MR) is 83.0 cm³/mol. The Morgan fingerprint density at radius 1 is 1.20 bits per heavy atom. The third-order valence-electron chi connectivity index (χ3n) is 3.31. The van der Waals surface area contributed by atoms with Crippen molar-refractivity contribution in [2.75, 3.05) is 13.7 Å². The number of aryl methyl sites for hydroxylation is 1. The van der Waals surface area contributed by atoms with Gasteiger partial charge in [0.2, 0.25) is 5.88 Å². The molecule has 0 bridgehead atoms. The van der Waals surface area contributed by atoms with Crippen molar-refractivity contribution in [2.24, 2.45) is 0 Å². The average molecular weight is 270 g/mol. The molecule has 0 aliphatic heterocycles. The minimum atomic E-state index is 0.646. The smallest absolute Gasteiger partial charge is 0.212 e. The van der Waals surface area contributed by atoms with Gasteiger partial charge in [0.25, 0.3) is 0 Å². The maximum Gasteiger partial charge on any atom is 0.212 e. The van der Waals surface area contributed by atoms with Crippen LogP contribution < -0.4 is 10.1 Å². The van der Waals surface area contributed by atoms with Crippen LogP contribution in [0, 0.1) is 6.92 Å². The van der Waals surface area contributed by atoms with Crippen molar-refractivity contribution in [1.29, 1.82) is 0 Å². The molecule has 0 atom stereocenters. The maximum absolute atomic E-state index is 5.10. The number of ether oxygens (including phenoxy) is 1. The van der Waals surface area contributed by atoms with Gasteiger partial charge in [0, 0.05) is 24.4 Å². The zero-order valence-corrected chi connectivity index (χ0v) is 12.4. The van der Waals surface area contributed by atoms with E-state index in [1.807, 2.05) is 12.3 Å². The number of aromatic nitrogens is 1. The molecule has 1 aromatic carbocycles. The zero-order chi connectivity index (χ0) is 14.4. The van der Waals surface area contributed by atoms with Crippen LogP contribution in [-0.2, 0) is 6.54 Å². The van der Waals surface area contributed by atoms with E-state index in [1.54, 1.807) is 7.11 Å². The molecule has 0 saturated carbocycles. The van der Waals surface area contributed by atoms with E-state index in [0.29, 0.717) is 5.88 Å². The van der Waals surface area contributed by atoms with Crippen molar-refractivity contribution in [1.82, 2.24) is 10.3 Å². The van der Waals surface area contributed by atoms with Gasteiger partial charge in [-0.15, -0.1) is 0 Å². The number of hydrogen-bond acceptors (Lipinski definition) is 3. The summed E-state index contributed by atoms with van der Waals surface area (Å²) in [7, 11) is 1.63. The van der Waals surface area contributed by atoms with Gasteiger partial charge in [0.05, 0.1) is 7.11 Å². The van der Waals surface area contributed by atoms with Crippen LogP contribution in [-0.4, -0.2) is 18.6 Å². The van der Waals surface area contributed by atoms with Gasteiger partial charge in [-0.25, -0.2) is 4.98 Å². The van der Waals surface area contributed by atoms with Gasteiger partial charge in [-0.05, 0) is 48.7 Å². The first-order valence-electron chi connectivity index (χ1n) is 7.05. The molecule has 0 spiro atoms. The first-order valence-corrected chi connectivity index (χ1v) is 7.05. The van der Waals surface area contributed by atoms with Crippen molar-refractivity contribution in [2.45, 2.75) is 26.8 Å². The summed E-state index contributed by atoms with van der Waals surface area (Å²) in [6, 6.07) is 10.5. The third-order valence-corrected chi connectivity index (χ3v) is 3.31. The number of rotatable bonds is 6. The molecule has 0 unspecified atom stereocenters. The molecule has 3 nitrogen and oxygen atoms in total. The number of nitrogens with zero attached hydrogens (tertiary/aromatic N) is 1. The number of methoxy groups -OCH3 is 1. The molecule has 0 radical (unpaired) electrons. The van der Waals surface area contributed by atoms with Crippen molar-refractivity contribution >= 4 is 0 Å². The molecule has 0 amide bonds. The first-order chi connectivity index (χ1) is 9.74. The Labute approximate surface area is 121 Å². The molecule has 0 aliphatic carbocycles. The van der Waals surface area contributed by atoms with Crippen molar-refractivity contribution in [3.05, 3.63) is 47.7 Å². The molecular weight excluding hydrogens is 248 g/mol. The van der Waals surface area contributed by atoms with Gasteiger partial charge in [-0.2, -0.15) is 0 Å². The molecule has 20 heavy (non-hydrogen) atoms. The summed E-state index contributed by atoms with van der Waals surface area (Å²) < 4.78 is 5.10.